The number of amides is 2. The van der Waals surface area contributed by atoms with E-state index in [0.29, 0.717) is 12.8 Å². The fourth-order valence-electron chi connectivity index (χ4n) is 2.34. The van der Waals surface area contributed by atoms with Crippen LogP contribution >= 0.6 is 0 Å². The highest BCUT2D eigenvalue weighted by Crippen LogP contribution is 2.05. The van der Waals surface area contributed by atoms with Gasteiger partial charge < -0.3 is 11.1 Å². The highest BCUT2D eigenvalue weighted by molar-refractivity contribution is 5.86. The van der Waals surface area contributed by atoms with E-state index in [0.717, 1.165) is 45.3 Å². The summed E-state index contributed by atoms with van der Waals surface area (Å²) >= 11 is 0. The van der Waals surface area contributed by atoms with Crippen LogP contribution in [0.2, 0.25) is 0 Å². The van der Waals surface area contributed by atoms with E-state index in [9.17, 15) is 9.59 Å². The van der Waals surface area contributed by atoms with Gasteiger partial charge in [-0.2, -0.15) is 0 Å². The first-order valence-corrected chi connectivity index (χ1v) is 7.59. The molecule has 114 valence electrons. The summed E-state index contributed by atoms with van der Waals surface area (Å²) in [6.45, 7) is 5.17. The zero-order valence-corrected chi connectivity index (χ0v) is 12.4. The van der Waals surface area contributed by atoms with Gasteiger partial charge in [0.05, 0.1) is 0 Å². The molecule has 0 aromatic rings. The highest BCUT2D eigenvalue weighted by atomic mass is 16.2. The number of hydrogen-bond donors (Lipinski definition) is 2. The fourth-order valence-corrected chi connectivity index (χ4v) is 2.34. The Kier molecular flexibility index (Phi) is 7.95. The quantitative estimate of drug-likeness (QED) is 0.466. The van der Waals surface area contributed by atoms with Gasteiger partial charge in [-0.15, -0.1) is 0 Å². The molecule has 0 aromatic carbocycles. The second-order valence-electron chi connectivity index (χ2n) is 5.35. The van der Waals surface area contributed by atoms with Gasteiger partial charge in [0, 0.05) is 19.5 Å². The molecule has 0 saturated heterocycles. The first-order chi connectivity index (χ1) is 9.63. The van der Waals surface area contributed by atoms with E-state index < -0.39 is 11.9 Å². The first kappa shape index (κ1) is 16.7. The SMILES string of the molecule is CCCC(NC(=O)CCCCCN1CC=CC1)C(N)=O. The number of hydrogen-bond acceptors (Lipinski definition) is 3. The largest absolute Gasteiger partial charge is 0.368 e. The van der Waals surface area contributed by atoms with Crippen molar-refractivity contribution in [2.24, 2.45) is 5.73 Å². The van der Waals surface area contributed by atoms with Gasteiger partial charge in [0.25, 0.3) is 0 Å². The van der Waals surface area contributed by atoms with Crippen LogP contribution in [0.4, 0.5) is 0 Å². The molecule has 0 saturated carbocycles. The Hall–Kier alpha value is -1.36. The lowest BCUT2D eigenvalue weighted by molar-refractivity contribution is -0.127. The summed E-state index contributed by atoms with van der Waals surface area (Å²) in [7, 11) is 0. The Balaban J connectivity index is 2.05. The van der Waals surface area contributed by atoms with E-state index in [-0.39, 0.29) is 5.91 Å². The van der Waals surface area contributed by atoms with E-state index in [1.807, 2.05) is 6.92 Å². The number of unbranched alkanes of at least 4 members (excludes halogenated alkanes) is 2. The molecule has 0 spiro atoms. The molecule has 1 rings (SSSR count). The van der Waals surface area contributed by atoms with Gasteiger partial charge in [0.1, 0.15) is 6.04 Å². The van der Waals surface area contributed by atoms with E-state index >= 15 is 0 Å². The molecule has 1 unspecified atom stereocenters. The minimum absolute atomic E-state index is 0.0647. The summed E-state index contributed by atoms with van der Waals surface area (Å²) in [5.41, 5.74) is 5.25. The van der Waals surface area contributed by atoms with Gasteiger partial charge in [0.15, 0.2) is 0 Å². The lowest BCUT2D eigenvalue weighted by Crippen LogP contribution is -2.44. The summed E-state index contributed by atoms with van der Waals surface area (Å²) in [5.74, 6) is -0.508. The summed E-state index contributed by atoms with van der Waals surface area (Å²) < 4.78 is 0. The molecule has 0 aliphatic carbocycles. The molecule has 5 heteroatoms. The predicted octanol–water partition coefficient (Wildman–Crippen LogP) is 1.19. The van der Waals surface area contributed by atoms with Crippen LogP contribution < -0.4 is 11.1 Å². The number of primary amides is 1. The van der Waals surface area contributed by atoms with Crippen LogP contribution in [-0.2, 0) is 9.59 Å². The standard InChI is InChI=1S/C15H27N3O2/c1-2-8-13(15(16)20)17-14(19)9-4-3-5-10-18-11-6-7-12-18/h6-7,13H,2-5,8-12H2,1H3,(H2,16,20)(H,17,19). The Labute approximate surface area is 121 Å². The van der Waals surface area contributed by atoms with Crippen molar-refractivity contribution in [1.82, 2.24) is 10.2 Å². The Morgan fingerprint density at radius 1 is 1.25 bits per heavy atom. The molecule has 0 radical (unpaired) electrons. The Morgan fingerprint density at radius 3 is 2.55 bits per heavy atom. The fraction of sp³-hybridized carbons (Fsp3) is 0.733. The van der Waals surface area contributed by atoms with Gasteiger partial charge in [-0.05, 0) is 25.8 Å². The lowest BCUT2D eigenvalue weighted by atomic mass is 10.1. The van der Waals surface area contributed by atoms with Gasteiger partial charge in [-0.25, -0.2) is 0 Å². The third kappa shape index (κ3) is 6.70. The van der Waals surface area contributed by atoms with Gasteiger partial charge in [-0.3, -0.25) is 14.5 Å². The number of rotatable bonds is 10. The van der Waals surface area contributed by atoms with Gasteiger partial charge >= 0.3 is 0 Å². The minimum Gasteiger partial charge on any atom is -0.368 e. The average Bonchev–Trinajstić information content (AvgIpc) is 2.91. The molecule has 1 heterocycles. The molecule has 5 nitrogen and oxygen atoms in total. The minimum atomic E-state index is -0.511. The maximum absolute atomic E-state index is 11.7. The Bertz CT molecular complexity index is 334. The molecule has 3 N–H and O–H groups in total. The molecule has 1 atom stereocenters. The van der Waals surface area contributed by atoms with E-state index in [1.165, 1.54) is 0 Å². The topological polar surface area (TPSA) is 75.4 Å². The summed E-state index contributed by atoms with van der Waals surface area (Å²) in [6, 6.07) is -0.511. The number of carbonyl (C=O) groups is 2. The van der Waals surface area contributed by atoms with Crippen molar-refractivity contribution in [3.05, 3.63) is 12.2 Å². The van der Waals surface area contributed by atoms with Crippen molar-refractivity contribution in [2.45, 2.75) is 51.5 Å². The van der Waals surface area contributed by atoms with Crippen molar-refractivity contribution in [1.29, 1.82) is 0 Å². The molecule has 20 heavy (non-hydrogen) atoms. The molecule has 0 fully saturated rings. The highest BCUT2D eigenvalue weighted by Gasteiger charge is 2.16. The summed E-state index contributed by atoms with van der Waals surface area (Å²) in [6.07, 6.45) is 9.32. The maximum atomic E-state index is 11.7. The van der Waals surface area contributed by atoms with Crippen molar-refractivity contribution in [3.8, 4) is 0 Å². The van der Waals surface area contributed by atoms with Crippen LogP contribution in [0.3, 0.4) is 0 Å². The zero-order chi connectivity index (χ0) is 14.8. The molecule has 0 aromatic heterocycles. The second kappa shape index (κ2) is 9.53. The molecule has 1 aliphatic rings. The van der Waals surface area contributed by atoms with Crippen molar-refractivity contribution >= 4 is 11.8 Å². The smallest absolute Gasteiger partial charge is 0.239 e. The third-order valence-electron chi connectivity index (χ3n) is 3.53. The monoisotopic (exact) mass is 281 g/mol. The number of carbonyl (C=O) groups excluding carboxylic acids is 2. The second-order valence-corrected chi connectivity index (χ2v) is 5.35. The molecule has 0 bridgehead atoms. The maximum Gasteiger partial charge on any atom is 0.239 e. The predicted molar refractivity (Wildman–Crippen MR) is 80.1 cm³/mol. The lowest BCUT2D eigenvalue weighted by Gasteiger charge is -2.15. The molecule has 2 amide bonds. The summed E-state index contributed by atoms with van der Waals surface area (Å²) in [5, 5.41) is 2.72. The van der Waals surface area contributed by atoms with Crippen LogP contribution in [0.1, 0.15) is 45.4 Å². The zero-order valence-electron chi connectivity index (χ0n) is 12.4. The van der Waals surface area contributed by atoms with Crippen LogP contribution in [0.15, 0.2) is 12.2 Å². The van der Waals surface area contributed by atoms with Crippen molar-refractivity contribution in [3.63, 3.8) is 0 Å². The summed E-state index contributed by atoms with van der Waals surface area (Å²) in [4.78, 5) is 25.2. The van der Waals surface area contributed by atoms with E-state index in [2.05, 4.69) is 22.4 Å². The molecular formula is C15H27N3O2. The van der Waals surface area contributed by atoms with E-state index in [4.69, 9.17) is 5.73 Å². The average molecular weight is 281 g/mol. The number of nitrogens with two attached hydrogens (primary N) is 1. The van der Waals surface area contributed by atoms with Crippen molar-refractivity contribution < 1.29 is 9.59 Å². The van der Waals surface area contributed by atoms with E-state index in [1.54, 1.807) is 0 Å². The first-order valence-electron chi connectivity index (χ1n) is 7.59. The number of nitrogens with zero attached hydrogens (tertiary/aromatic N) is 1. The molecular weight excluding hydrogens is 254 g/mol. The van der Waals surface area contributed by atoms with Crippen LogP contribution in [0.5, 0.6) is 0 Å². The van der Waals surface area contributed by atoms with Crippen LogP contribution in [-0.4, -0.2) is 42.4 Å². The normalized spacial score (nSPS) is 16.2. The third-order valence-corrected chi connectivity index (χ3v) is 3.53. The van der Waals surface area contributed by atoms with Gasteiger partial charge in [-0.1, -0.05) is 31.9 Å². The molecule has 1 aliphatic heterocycles. The van der Waals surface area contributed by atoms with Gasteiger partial charge in [0.2, 0.25) is 11.8 Å². The van der Waals surface area contributed by atoms with Crippen LogP contribution in [0, 0.1) is 0 Å². The Morgan fingerprint density at radius 2 is 1.95 bits per heavy atom. The van der Waals surface area contributed by atoms with Crippen LogP contribution in [0.25, 0.3) is 0 Å². The number of nitrogens with one attached hydrogen (secondary N) is 1. The van der Waals surface area contributed by atoms with Crippen molar-refractivity contribution in [2.75, 3.05) is 19.6 Å².